The van der Waals surface area contributed by atoms with Crippen LogP contribution >= 0.6 is 0 Å². The first-order chi connectivity index (χ1) is 6.47. The van der Waals surface area contributed by atoms with E-state index in [1.165, 1.54) is 0 Å². The molecule has 0 fully saturated rings. The van der Waals surface area contributed by atoms with Crippen LogP contribution in [0.15, 0.2) is 11.1 Å². The van der Waals surface area contributed by atoms with Crippen LogP contribution in [0.25, 0.3) is 0 Å². The minimum Gasteiger partial charge on any atom is -0.301 e. The van der Waals surface area contributed by atoms with Crippen molar-refractivity contribution in [3.8, 4) is 0 Å². The molecule has 0 aliphatic heterocycles. The summed E-state index contributed by atoms with van der Waals surface area (Å²) in [6.07, 6.45) is 0. The second-order valence-electron chi connectivity index (χ2n) is 6.75. The molecule has 0 spiro atoms. The zero-order valence-electron chi connectivity index (χ0n) is 12.5. The number of rotatable bonds is 0. The molecule has 92 valence electrons. The first kappa shape index (κ1) is 16.8. The fourth-order valence-electron chi connectivity index (χ4n) is 2.94. The van der Waals surface area contributed by atoms with Crippen molar-refractivity contribution in [2.45, 2.75) is 62.3 Å². The zero-order chi connectivity index (χ0) is 12.2. The molecule has 1 heteroatoms. The van der Waals surface area contributed by atoms with Crippen molar-refractivity contribution in [1.29, 1.82) is 0 Å². The summed E-state index contributed by atoms with van der Waals surface area (Å²) in [6, 6.07) is 0. The Balaban J connectivity index is 0.00000225. The molecule has 1 rings (SSSR count). The maximum atomic E-state index is 2.39. The third kappa shape index (κ3) is 1.97. The molecule has 0 atom stereocenters. The van der Waals surface area contributed by atoms with Crippen molar-refractivity contribution in [1.82, 2.24) is 0 Å². The van der Waals surface area contributed by atoms with E-state index in [1.807, 2.05) is 0 Å². The molecule has 0 N–H and O–H groups in total. The Morgan fingerprint density at radius 3 is 1.56 bits per heavy atom. The summed E-state index contributed by atoms with van der Waals surface area (Å²) in [5.74, 6) is 1.61. The Hall–Kier alpha value is 0.792. The van der Waals surface area contributed by atoms with Crippen LogP contribution in [-0.2, 0) is 0 Å². The number of allylic oxidation sites excluding steroid dienone is 2. The monoisotopic (exact) mass is 445 g/mol. The van der Waals surface area contributed by atoms with Gasteiger partial charge in [0.25, 0.3) is 0 Å². The molecule has 16 heavy (non-hydrogen) atoms. The van der Waals surface area contributed by atoms with E-state index in [0.717, 1.165) is 0 Å². The third-order valence-corrected chi connectivity index (χ3v) is 5.88. The normalized spacial score (nSPS) is 27.6. The topological polar surface area (TPSA) is 0 Å². The molecule has 0 aromatic heterocycles. The van der Waals surface area contributed by atoms with E-state index in [1.54, 1.807) is 17.1 Å². The van der Waals surface area contributed by atoms with Gasteiger partial charge in [0.05, 0.1) is 0 Å². The van der Waals surface area contributed by atoms with Gasteiger partial charge in [-0.3, -0.25) is 0 Å². The Morgan fingerprint density at radius 2 is 1.19 bits per heavy atom. The molecule has 0 unspecified atom stereocenters. The van der Waals surface area contributed by atoms with Crippen molar-refractivity contribution in [2.24, 2.45) is 16.2 Å². The van der Waals surface area contributed by atoms with Crippen LogP contribution in [0.4, 0.5) is 0 Å². The Kier molecular flexibility index (Phi) is 4.69. The summed E-state index contributed by atoms with van der Waals surface area (Å²) < 4.78 is 0. The maximum absolute atomic E-state index is 2.39. The van der Waals surface area contributed by atoms with Crippen LogP contribution < -0.4 is 0 Å². The Labute approximate surface area is 126 Å². The number of hydrogen-bond acceptors (Lipinski definition) is 0. The van der Waals surface area contributed by atoms with E-state index in [2.05, 4.69) is 62.3 Å². The molecule has 0 bridgehead atoms. The fourth-order valence-corrected chi connectivity index (χ4v) is 2.94. The summed E-state index contributed by atoms with van der Waals surface area (Å²) in [4.78, 5) is 0. The molecule has 0 nitrogen and oxygen atoms in total. The smallest absolute Gasteiger partial charge is 0 e. The minimum atomic E-state index is 0. The Morgan fingerprint density at radius 1 is 0.812 bits per heavy atom. The predicted molar refractivity (Wildman–Crippen MR) is 68.6 cm³/mol. The van der Waals surface area contributed by atoms with E-state index >= 15 is 0 Å². The quantitative estimate of drug-likeness (QED) is 0.363. The van der Waals surface area contributed by atoms with E-state index in [4.69, 9.17) is 0 Å². The van der Waals surface area contributed by atoms with Gasteiger partial charge in [0.1, 0.15) is 0 Å². The van der Waals surface area contributed by atoms with Gasteiger partial charge in [0.2, 0.25) is 0 Å². The number of hydrogen-bond donors (Lipinski definition) is 0. The molecule has 1 aliphatic rings. The van der Waals surface area contributed by atoms with Gasteiger partial charge in [-0.2, -0.15) is 6.92 Å². The van der Waals surface area contributed by atoms with Crippen molar-refractivity contribution in [2.75, 3.05) is 0 Å². The fraction of sp³-hybridized carbons (Fsp3) is 0.800. The van der Waals surface area contributed by atoms with Gasteiger partial charge in [0, 0.05) is 31.1 Å². The van der Waals surface area contributed by atoms with Crippen LogP contribution in [0.1, 0.15) is 62.3 Å². The summed E-state index contributed by atoms with van der Waals surface area (Å²) in [7, 11) is 0. The molecule has 0 radical (unpaired) electrons. The van der Waals surface area contributed by atoms with E-state index < -0.39 is 0 Å². The first-order valence-electron chi connectivity index (χ1n) is 6.00. The third-order valence-electron chi connectivity index (χ3n) is 5.88. The summed E-state index contributed by atoms with van der Waals surface area (Å²) >= 11 is 0. The Bertz CT molecular complexity index is 305. The van der Waals surface area contributed by atoms with Gasteiger partial charge >= 0.3 is 0 Å². The molecule has 0 heterocycles. The van der Waals surface area contributed by atoms with Gasteiger partial charge in [0.15, 0.2) is 0 Å². The van der Waals surface area contributed by atoms with Gasteiger partial charge in [-0.15, -0.1) is 10.8 Å². The van der Waals surface area contributed by atoms with Gasteiger partial charge in [-0.05, 0) is 19.3 Å². The zero-order valence-corrected chi connectivity index (χ0v) is 16.7. The average Bonchev–Trinajstić information content (AvgIpc) is 2.12. The molecule has 0 aromatic rings. The second kappa shape index (κ2) is 4.47. The van der Waals surface area contributed by atoms with Crippen LogP contribution in [0.5, 0.6) is 0 Å². The molecule has 0 aromatic carbocycles. The standard InChI is InChI=1S/C15H27.U/c1-10-11(2)14(6,7)15(8,9)12(3)13(10,4)5;/h1-9H3;/q-1;. The SMILES string of the molecule is CC1=C(C)C(C)(C)C(C)(C)[C-](C)C1(C)C.[U]. The largest absolute Gasteiger partial charge is 0.301 e. The molecule has 0 amide bonds. The summed E-state index contributed by atoms with van der Waals surface area (Å²) in [6.45, 7) is 21.2. The minimum absolute atomic E-state index is 0. The van der Waals surface area contributed by atoms with Crippen LogP contribution in [0.2, 0.25) is 0 Å². The molecular weight excluding hydrogens is 418 g/mol. The van der Waals surface area contributed by atoms with Gasteiger partial charge < -0.3 is 5.92 Å². The van der Waals surface area contributed by atoms with E-state index in [0.29, 0.717) is 0 Å². The van der Waals surface area contributed by atoms with Gasteiger partial charge in [-0.25, -0.2) is 0 Å². The van der Waals surface area contributed by atoms with Crippen molar-refractivity contribution < 1.29 is 31.1 Å². The summed E-state index contributed by atoms with van der Waals surface area (Å²) in [5, 5.41) is 0. The molecule has 0 saturated heterocycles. The molecular formula is C15H27U-. The van der Waals surface area contributed by atoms with E-state index in [9.17, 15) is 0 Å². The van der Waals surface area contributed by atoms with Crippen LogP contribution in [0, 0.1) is 53.3 Å². The molecule has 1 aliphatic carbocycles. The van der Waals surface area contributed by atoms with Crippen molar-refractivity contribution in [3.05, 3.63) is 17.1 Å². The second-order valence-corrected chi connectivity index (χ2v) is 6.75. The van der Waals surface area contributed by atoms with E-state index in [-0.39, 0.29) is 47.4 Å². The predicted octanol–water partition coefficient (Wildman–Crippen LogP) is 5.01. The van der Waals surface area contributed by atoms with Crippen LogP contribution in [-0.4, -0.2) is 0 Å². The first-order valence-corrected chi connectivity index (χ1v) is 6.00. The van der Waals surface area contributed by atoms with Crippen LogP contribution in [0.3, 0.4) is 0 Å². The average molecular weight is 445 g/mol. The summed E-state index contributed by atoms with van der Waals surface area (Å²) in [5.41, 5.74) is 3.94. The maximum Gasteiger partial charge on any atom is 0 e. The molecule has 0 saturated carbocycles. The van der Waals surface area contributed by atoms with Crippen molar-refractivity contribution in [3.63, 3.8) is 0 Å². The van der Waals surface area contributed by atoms with Gasteiger partial charge in [-0.1, -0.05) is 52.7 Å². The van der Waals surface area contributed by atoms with Crippen molar-refractivity contribution >= 4 is 0 Å².